The third kappa shape index (κ3) is 2.81. The summed E-state index contributed by atoms with van der Waals surface area (Å²) in [7, 11) is 1.94. The summed E-state index contributed by atoms with van der Waals surface area (Å²) in [6.07, 6.45) is -1.23. The van der Waals surface area contributed by atoms with Crippen LogP contribution in [0.4, 0.5) is 4.79 Å². The molecule has 2 amide bonds. The maximum absolute atomic E-state index is 12.1. The van der Waals surface area contributed by atoms with Gasteiger partial charge in [0.1, 0.15) is 11.7 Å². The number of carbonyl (C=O) groups excluding carboxylic acids is 2. The summed E-state index contributed by atoms with van der Waals surface area (Å²) in [6.45, 7) is 6.87. The number of likely N-dealkylation sites (N-methyl/N-ethyl adjacent to an activating group) is 1. The molecule has 0 aromatic carbocycles. The molecule has 0 aliphatic carbocycles. The molecule has 0 aromatic heterocycles. The lowest BCUT2D eigenvalue weighted by molar-refractivity contribution is -0.172. The summed E-state index contributed by atoms with van der Waals surface area (Å²) >= 11 is 0. The van der Waals surface area contributed by atoms with Crippen LogP contribution in [0, 0.1) is 0 Å². The topological polar surface area (TPSA) is 59.1 Å². The Bertz CT molecular complexity index is 362. The Balaban J connectivity index is 2.06. The first-order valence-electron chi connectivity index (χ1n) is 6.14. The number of hydrogen-bond donors (Lipinski definition) is 0. The molecule has 2 aliphatic heterocycles. The Kier molecular flexibility index (Phi) is 3.33. The lowest BCUT2D eigenvalue weighted by Crippen LogP contribution is -2.63. The number of morpholine rings is 2. The van der Waals surface area contributed by atoms with E-state index in [2.05, 4.69) is 0 Å². The zero-order chi connectivity index (χ0) is 13.5. The van der Waals surface area contributed by atoms with Crippen molar-refractivity contribution in [2.45, 2.75) is 38.6 Å². The van der Waals surface area contributed by atoms with Crippen LogP contribution in [-0.2, 0) is 14.3 Å². The second kappa shape index (κ2) is 4.51. The van der Waals surface area contributed by atoms with Gasteiger partial charge in [-0.05, 0) is 27.8 Å². The summed E-state index contributed by atoms with van der Waals surface area (Å²) in [5, 5.41) is 0. The molecule has 18 heavy (non-hydrogen) atoms. The molecule has 2 saturated heterocycles. The van der Waals surface area contributed by atoms with Crippen molar-refractivity contribution in [2.24, 2.45) is 0 Å². The first-order chi connectivity index (χ1) is 8.26. The van der Waals surface area contributed by atoms with Crippen LogP contribution in [0.5, 0.6) is 0 Å². The Hall–Kier alpha value is -1.14. The molecule has 6 nitrogen and oxygen atoms in total. The molecular weight excluding hydrogens is 236 g/mol. The van der Waals surface area contributed by atoms with Crippen molar-refractivity contribution in [2.75, 3.05) is 26.7 Å². The first-order valence-corrected chi connectivity index (χ1v) is 6.14. The van der Waals surface area contributed by atoms with Crippen LogP contribution in [0.3, 0.4) is 0 Å². The van der Waals surface area contributed by atoms with Gasteiger partial charge >= 0.3 is 6.09 Å². The summed E-state index contributed by atoms with van der Waals surface area (Å²) in [6, 6.07) is 0. The molecule has 102 valence electrons. The average molecular weight is 256 g/mol. The van der Waals surface area contributed by atoms with Crippen LogP contribution >= 0.6 is 0 Å². The molecule has 6 heteroatoms. The standard InChI is InChI=1S/C12H20N2O4/c1-12(2,3)18-11(16)14-6-8-5-13(4)7-9(17-8)10(14)15/h8-9H,5-7H2,1-4H3/t8-,9+/m0/s1. The van der Waals surface area contributed by atoms with Crippen molar-refractivity contribution >= 4 is 12.0 Å². The van der Waals surface area contributed by atoms with Gasteiger partial charge in [-0.3, -0.25) is 4.79 Å². The lowest BCUT2D eigenvalue weighted by atomic mass is 10.1. The highest BCUT2D eigenvalue weighted by Crippen LogP contribution is 2.21. The number of fused-ring (bicyclic) bond motifs is 2. The van der Waals surface area contributed by atoms with Gasteiger partial charge < -0.3 is 14.4 Å². The van der Waals surface area contributed by atoms with Gasteiger partial charge in [-0.2, -0.15) is 0 Å². The maximum atomic E-state index is 12.1. The van der Waals surface area contributed by atoms with E-state index in [1.165, 1.54) is 4.90 Å². The number of rotatable bonds is 0. The van der Waals surface area contributed by atoms with E-state index in [4.69, 9.17) is 9.47 Å². The van der Waals surface area contributed by atoms with Gasteiger partial charge in [0.05, 0.1) is 12.6 Å². The number of ether oxygens (including phenoxy) is 2. The molecule has 2 fully saturated rings. The highest BCUT2D eigenvalue weighted by molar-refractivity contribution is 5.95. The Morgan fingerprint density at radius 2 is 2.00 bits per heavy atom. The quantitative estimate of drug-likeness (QED) is 0.630. The van der Waals surface area contributed by atoms with E-state index in [0.717, 1.165) is 6.54 Å². The fourth-order valence-corrected chi connectivity index (χ4v) is 2.21. The predicted molar refractivity (Wildman–Crippen MR) is 64.1 cm³/mol. The number of amides is 2. The van der Waals surface area contributed by atoms with Crippen molar-refractivity contribution in [3.05, 3.63) is 0 Å². The molecule has 2 rings (SSSR count). The van der Waals surface area contributed by atoms with E-state index in [9.17, 15) is 9.59 Å². The molecule has 2 aliphatic rings. The Labute approximate surface area is 107 Å². The van der Waals surface area contributed by atoms with Gasteiger partial charge in [-0.1, -0.05) is 0 Å². The molecule has 0 spiro atoms. The number of nitrogens with zero attached hydrogens (tertiary/aromatic N) is 2. The largest absolute Gasteiger partial charge is 0.443 e. The van der Waals surface area contributed by atoms with Crippen LogP contribution in [0.25, 0.3) is 0 Å². The Morgan fingerprint density at radius 1 is 1.33 bits per heavy atom. The van der Waals surface area contributed by atoms with Gasteiger partial charge in [0.2, 0.25) is 0 Å². The van der Waals surface area contributed by atoms with Crippen LogP contribution in [-0.4, -0.2) is 66.3 Å². The minimum absolute atomic E-state index is 0.112. The zero-order valence-corrected chi connectivity index (χ0v) is 11.3. The van der Waals surface area contributed by atoms with Crippen molar-refractivity contribution in [1.29, 1.82) is 0 Å². The van der Waals surface area contributed by atoms with Crippen LogP contribution in [0.2, 0.25) is 0 Å². The van der Waals surface area contributed by atoms with Crippen LogP contribution in [0.1, 0.15) is 20.8 Å². The fraction of sp³-hybridized carbons (Fsp3) is 0.833. The smallest absolute Gasteiger partial charge is 0.417 e. The predicted octanol–water partition coefficient (Wildman–Crippen LogP) is 0.463. The minimum Gasteiger partial charge on any atom is -0.443 e. The SMILES string of the molecule is CN1C[C@H]2CN(C(=O)OC(C)(C)C)C(=O)[C@@H](C1)O2. The number of imide groups is 1. The lowest BCUT2D eigenvalue weighted by Gasteiger charge is -2.43. The average Bonchev–Trinajstić information content (AvgIpc) is 2.20. The second-order valence-corrected chi connectivity index (χ2v) is 5.90. The highest BCUT2D eigenvalue weighted by atomic mass is 16.6. The normalized spacial score (nSPS) is 29.3. The summed E-state index contributed by atoms with van der Waals surface area (Å²) in [5.41, 5.74) is -0.596. The molecule has 0 radical (unpaired) electrons. The van der Waals surface area contributed by atoms with Crippen molar-refractivity contribution in [3.63, 3.8) is 0 Å². The van der Waals surface area contributed by atoms with E-state index >= 15 is 0 Å². The Morgan fingerprint density at radius 3 is 2.61 bits per heavy atom. The zero-order valence-electron chi connectivity index (χ0n) is 11.3. The molecule has 0 N–H and O–H groups in total. The van der Waals surface area contributed by atoms with Crippen molar-refractivity contribution < 1.29 is 19.1 Å². The number of hydrogen-bond acceptors (Lipinski definition) is 5. The van der Waals surface area contributed by atoms with Gasteiger partial charge in [-0.15, -0.1) is 0 Å². The minimum atomic E-state index is -0.596. The van der Waals surface area contributed by atoms with E-state index in [0.29, 0.717) is 6.54 Å². The van der Waals surface area contributed by atoms with Crippen molar-refractivity contribution in [3.8, 4) is 0 Å². The molecule has 0 saturated carbocycles. The fourth-order valence-electron chi connectivity index (χ4n) is 2.21. The van der Waals surface area contributed by atoms with E-state index in [1.54, 1.807) is 20.8 Å². The van der Waals surface area contributed by atoms with Gasteiger partial charge in [0, 0.05) is 13.1 Å². The molecule has 0 unspecified atom stereocenters. The van der Waals surface area contributed by atoms with Gasteiger partial charge in [-0.25, -0.2) is 9.69 Å². The summed E-state index contributed by atoms with van der Waals surface area (Å²) < 4.78 is 10.8. The van der Waals surface area contributed by atoms with Gasteiger partial charge in [0.25, 0.3) is 5.91 Å². The van der Waals surface area contributed by atoms with Crippen LogP contribution < -0.4 is 0 Å². The third-order valence-corrected chi connectivity index (χ3v) is 2.89. The molecule has 2 heterocycles. The number of carbonyl (C=O) groups is 2. The van der Waals surface area contributed by atoms with Gasteiger partial charge in [0.15, 0.2) is 0 Å². The summed E-state index contributed by atoms with van der Waals surface area (Å²) in [4.78, 5) is 27.3. The third-order valence-electron chi connectivity index (χ3n) is 2.89. The van der Waals surface area contributed by atoms with Crippen molar-refractivity contribution in [1.82, 2.24) is 9.80 Å². The highest BCUT2D eigenvalue weighted by Gasteiger charge is 2.43. The van der Waals surface area contributed by atoms with Crippen LogP contribution in [0.15, 0.2) is 0 Å². The van der Waals surface area contributed by atoms with E-state index < -0.39 is 17.8 Å². The van der Waals surface area contributed by atoms with E-state index in [-0.39, 0.29) is 18.6 Å². The molecule has 0 aromatic rings. The summed E-state index contributed by atoms with van der Waals surface area (Å²) in [5.74, 6) is -0.299. The molecule has 2 bridgehead atoms. The molecular formula is C12H20N2O4. The first kappa shape index (κ1) is 13.3. The maximum Gasteiger partial charge on any atom is 0.417 e. The van der Waals surface area contributed by atoms with E-state index in [1.807, 2.05) is 11.9 Å². The monoisotopic (exact) mass is 256 g/mol. The second-order valence-electron chi connectivity index (χ2n) is 5.90. The molecule has 2 atom stereocenters.